The summed E-state index contributed by atoms with van der Waals surface area (Å²) in [6, 6.07) is 11.5. The average molecular weight is 373 g/mol. The van der Waals surface area contributed by atoms with Crippen LogP contribution in [-0.2, 0) is 6.42 Å². The first-order valence-corrected chi connectivity index (χ1v) is 7.81. The molecule has 5 heteroatoms. The van der Waals surface area contributed by atoms with Crippen molar-refractivity contribution in [3.05, 3.63) is 56.5 Å². The molecule has 2 nitrogen and oxygen atoms in total. The van der Waals surface area contributed by atoms with Crippen LogP contribution in [0.5, 0.6) is 5.75 Å². The quantitative estimate of drug-likeness (QED) is 0.802. The van der Waals surface area contributed by atoms with Crippen LogP contribution in [-0.4, -0.2) is 12.6 Å². The first-order chi connectivity index (χ1) is 9.63. The van der Waals surface area contributed by atoms with Gasteiger partial charge in [-0.15, -0.1) is 0 Å². The van der Waals surface area contributed by atoms with E-state index in [4.69, 9.17) is 27.9 Å². The van der Waals surface area contributed by atoms with Gasteiger partial charge in [-0.3, -0.25) is 0 Å². The molecule has 1 heterocycles. The van der Waals surface area contributed by atoms with Crippen molar-refractivity contribution in [2.75, 3.05) is 11.9 Å². The largest absolute Gasteiger partial charge is 0.488 e. The standard InChI is InChI=1S/C15H12BrCl2NO/c16-10-4-5-14-9(6-10)7-11(20-14)8-19-15-12(17)2-1-3-13(15)18/h1-6,11,19H,7-8H2. The van der Waals surface area contributed by atoms with Gasteiger partial charge in [-0.1, -0.05) is 45.2 Å². The van der Waals surface area contributed by atoms with Crippen molar-refractivity contribution in [2.24, 2.45) is 0 Å². The third-order valence-electron chi connectivity index (χ3n) is 3.23. The zero-order valence-corrected chi connectivity index (χ0v) is 13.6. The number of para-hydroxylation sites is 1. The number of rotatable bonds is 3. The molecule has 0 aromatic heterocycles. The molecule has 0 aliphatic carbocycles. The molecule has 0 saturated carbocycles. The highest BCUT2D eigenvalue weighted by Crippen LogP contribution is 2.33. The van der Waals surface area contributed by atoms with Gasteiger partial charge in [0.15, 0.2) is 0 Å². The van der Waals surface area contributed by atoms with Crippen molar-refractivity contribution in [3.63, 3.8) is 0 Å². The lowest BCUT2D eigenvalue weighted by molar-refractivity contribution is 0.246. The molecule has 1 N–H and O–H groups in total. The van der Waals surface area contributed by atoms with E-state index in [2.05, 4.69) is 27.3 Å². The minimum atomic E-state index is 0.0895. The van der Waals surface area contributed by atoms with E-state index >= 15 is 0 Å². The van der Waals surface area contributed by atoms with Crippen molar-refractivity contribution in [1.82, 2.24) is 0 Å². The molecule has 2 aromatic rings. The minimum Gasteiger partial charge on any atom is -0.488 e. The first kappa shape index (κ1) is 14.1. The van der Waals surface area contributed by atoms with Gasteiger partial charge in [0, 0.05) is 10.9 Å². The minimum absolute atomic E-state index is 0.0895. The summed E-state index contributed by atoms with van der Waals surface area (Å²) in [5, 5.41) is 4.51. The molecule has 3 rings (SSSR count). The average Bonchev–Trinajstić information content (AvgIpc) is 2.80. The van der Waals surface area contributed by atoms with Crippen LogP contribution in [0.15, 0.2) is 40.9 Å². The summed E-state index contributed by atoms with van der Waals surface area (Å²) in [6.07, 6.45) is 0.968. The van der Waals surface area contributed by atoms with Crippen molar-refractivity contribution in [3.8, 4) is 5.75 Å². The molecule has 2 aromatic carbocycles. The Hall–Kier alpha value is -0.900. The SMILES string of the molecule is Clc1cccc(Cl)c1NCC1Cc2cc(Br)ccc2O1. The second-order valence-corrected chi connectivity index (χ2v) is 6.40. The summed E-state index contributed by atoms with van der Waals surface area (Å²) < 4.78 is 6.97. The molecule has 0 fully saturated rings. The number of anilines is 1. The number of ether oxygens (including phenoxy) is 1. The number of benzene rings is 2. The van der Waals surface area contributed by atoms with E-state index in [0.717, 1.165) is 22.3 Å². The predicted octanol–water partition coefficient (Wildman–Crippen LogP) is 5.17. The van der Waals surface area contributed by atoms with Crippen LogP contribution in [0.4, 0.5) is 5.69 Å². The summed E-state index contributed by atoms with van der Waals surface area (Å²) in [7, 11) is 0. The van der Waals surface area contributed by atoms with Gasteiger partial charge in [-0.25, -0.2) is 0 Å². The molecular weight excluding hydrogens is 361 g/mol. The maximum atomic E-state index is 6.13. The smallest absolute Gasteiger partial charge is 0.123 e. The summed E-state index contributed by atoms with van der Waals surface area (Å²) in [6.45, 7) is 0.662. The Labute approximate surface area is 136 Å². The first-order valence-electron chi connectivity index (χ1n) is 6.26. The lowest BCUT2D eigenvalue weighted by atomic mass is 10.1. The fraction of sp³-hybridized carbons (Fsp3) is 0.200. The highest BCUT2D eigenvalue weighted by Gasteiger charge is 2.23. The molecule has 0 saturated heterocycles. The van der Waals surface area contributed by atoms with Crippen molar-refractivity contribution in [1.29, 1.82) is 0 Å². The van der Waals surface area contributed by atoms with Crippen LogP contribution in [0.1, 0.15) is 5.56 Å². The Kier molecular flexibility index (Phi) is 4.11. The maximum Gasteiger partial charge on any atom is 0.123 e. The highest BCUT2D eigenvalue weighted by atomic mass is 79.9. The van der Waals surface area contributed by atoms with E-state index in [1.165, 1.54) is 5.56 Å². The molecule has 0 bridgehead atoms. The third-order valence-corrected chi connectivity index (χ3v) is 4.36. The number of nitrogens with one attached hydrogen (secondary N) is 1. The topological polar surface area (TPSA) is 21.3 Å². The Bertz CT molecular complexity index is 628. The normalized spacial score (nSPS) is 16.6. The lowest BCUT2D eigenvalue weighted by Crippen LogP contribution is -2.24. The van der Waals surface area contributed by atoms with E-state index in [1.807, 2.05) is 30.3 Å². The number of hydrogen-bond donors (Lipinski definition) is 1. The van der Waals surface area contributed by atoms with E-state index in [9.17, 15) is 0 Å². The second kappa shape index (κ2) is 5.84. The fourth-order valence-corrected chi connectivity index (χ4v) is 3.23. The molecule has 1 unspecified atom stereocenters. The van der Waals surface area contributed by atoms with Gasteiger partial charge in [0.2, 0.25) is 0 Å². The molecule has 1 aliphatic rings. The van der Waals surface area contributed by atoms with Gasteiger partial charge in [0.05, 0.1) is 22.3 Å². The van der Waals surface area contributed by atoms with Crippen LogP contribution < -0.4 is 10.1 Å². The van der Waals surface area contributed by atoms with Gasteiger partial charge in [0.1, 0.15) is 11.9 Å². The van der Waals surface area contributed by atoms with Crippen LogP contribution >= 0.6 is 39.1 Å². The monoisotopic (exact) mass is 371 g/mol. The maximum absolute atomic E-state index is 6.13. The number of halogens is 3. The molecular formula is C15H12BrCl2NO. The number of fused-ring (bicyclic) bond motifs is 1. The molecule has 0 amide bonds. The van der Waals surface area contributed by atoms with Crippen molar-refractivity contribution < 1.29 is 4.74 Å². The molecule has 1 atom stereocenters. The fourth-order valence-electron chi connectivity index (χ4n) is 2.29. The van der Waals surface area contributed by atoms with Gasteiger partial charge in [0.25, 0.3) is 0 Å². The Morgan fingerprint density at radius 1 is 1.20 bits per heavy atom. The zero-order valence-electron chi connectivity index (χ0n) is 10.5. The predicted molar refractivity (Wildman–Crippen MR) is 87.2 cm³/mol. The number of hydrogen-bond acceptors (Lipinski definition) is 2. The van der Waals surface area contributed by atoms with Crippen LogP contribution in [0, 0.1) is 0 Å². The van der Waals surface area contributed by atoms with Gasteiger partial charge >= 0.3 is 0 Å². The van der Waals surface area contributed by atoms with Crippen LogP contribution in [0.2, 0.25) is 10.0 Å². The molecule has 104 valence electrons. The van der Waals surface area contributed by atoms with Crippen molar-refractivity contribution in [2.45, 2.75) is 12.5 Å². The Balaban J connectivity index is 1.67. The van der Waals surface area contributed by atoms with Crippen LogP contribution in [0.25, 0.3) is 0 Å². The second-order valence-electron chi connectivity index (χ2n) is 4.67. The summed E-state index contributed by atoms with van der Waals surface area (Å²) in [4.78, 5) is 0. The van der Waals surface area contributed by atoms with Gasteiger partial charge < -0.3 is 10.1 Å². The summed E-state index contributed by atoms with van der Waals surface area (Å²) in [5.41, 5.74) is 1.98. The molecule has 0 radical (unpaired) electrons. The Morgan fingerprint density at radius 3 is 2.70 bits per heavy atom. The zero-order chi connectivity index (χ0) is 14.1. The molecule has 20 heavy (non-hydrogen) atoms. The van der Waals surface area contributed by atoms with Gasteiger partial charge in [-0.2, -0.15) is 0 Å². The highest BCUT2D eigenvalue weighted by molar-refractivity contribution is 9.10. The molecule has 1 aliphatic heterocycles. The van der Waals surface area contributed by atoms with Gasteiger partial charge in [-0.05, 0) is 35.9 Å². The molecule has 0 spiro atoms. The van der Waals surface area contributed by atoms with E-state index in [-0.39, 0.29) is 6.10 Å². The lowest BCUT2D eigenvalue weighted by Gasteiger charge is -2.14. The van der Waals surface area contributed by atoms with Crippen LogP contribution in [0.3, 0.4) is 0 Å². The van der Waals surface area contributed by atoms with E-state index in [1.54, 1.807) is 0 Å². The van der Waals surface area contributed by atoms with E-state index in [0.29, 0.717) is 16.6 Å². The van der Waals surface area contributed by atoms with E-state index < -0.39 is 0 Å². The summed E-state index contributed by atoms with van der Waals surface area (Å²) >= 11 is 15.7. The Morgan fingerprint density at radius 2 is 1.95 bits per heavy atom. The summed E-state index contributed by atoms with van der Waals surface area (Å²) in [5.74, 6) is 0.949. The third kappa shape index (κ3) is 2.90. The van der Waals surface area contributed by atoms with Crippen molar-refractivity contribution >= 4 is 44.8 Å².